The maximum Gasteiger partial charge on any atom is 0.223 e. The van der Waals surface area contributed by atoms with Crippen LogP contribution in [0.15, 0.2) is 30.3 Å². The van der Waals surface area contributed by atoms with E-state index in [1.54, 1.807) is 0 Å². The number of carbonyl (C=O) groups is 1. The van der Waals surface area contributed by atoms with Gasteiger partial charge < -0.3 is 14.7 Å². The van der Waals surface area contributed by atoms with Gasteiger partial charge in [-0.05, 0) is 37.8 Å². The van der Waals surface area contributed by atoms with Crippen LogP contribution in [0.25, 0.3) is 0 Å². The lowest BCUT2D eigenvalue weighted by atomic mass is 9.90. The highest BCUT2D eigenvalue weighted by molar-refractivity contribution is 5.76. The van der Waals surface area contributed by atoms with Crippen LogP contribution in [0.4, 0.5) is 0 Å². The van der Waals surface area contributed by atoms with E-state index in [0.717, 1.165) is 71.0 Å². The van der Waals surface area contributed by atoms with Crippen LogP contribution in [0.5, 0.6) is 0 Å². The van der Waals surface area contributed by atoms with Gasteiger partial charge in [0.2, 0.25) is 5.91 Å². The quantitative estimate of drug-likeness (QED) is 0.828. The molecule has 0 spiro atoms. The highest BCUT2D eigenvalue weighted by atomic mass is 16.2. The van der Waals surface area contributed by atoms with E-state index in [1.165, 1.54) is 5.56 Å². The molecule has 24 heavy (non-hydrogen) atoms. The molecule has 4 nitrogen and oxygen atoms in total. The van der Waals surface area contributed by atoms with Crippen molar-refractivity contribution in [1.29, 1.82) is 0 Å². The smallest absolute Gasteiger partial charge is 0.223 e. The average molecular weight is 329 g/mol. The molecule has 2 aliphatic rings. The van der Waals surface area contributed by atoms with E-state index < -0.39 is 0 Å². The lowest BCUT2D eigenvalue weighted by molar-refractivity contribution is -0.133. The van der Waals surface area contributed by atoms with Gasteiger partial charge in [-0.15, -0.1) is 0 Å². The number of benzene rings is 1. The fourth-order valence-electron chi connectivity index (χ4n) is 3.82. The van der Waals surface area contributed by atoms with Gasteiger partial charge in [-0.1, -0.05) is 30.3 Å². The lowest BCUT2D eigenvalue weighted by Crippen LogP contribution is -2.46. The second-order valence-electron chi connectivity index (χ2n) is 7.41. The fraction of sp³-hybridized carbons (Fsp3) is 0.650. The lowest BCUT2D eigenvalue weighted by Gasteiger charge is -2.34. The molecule has 0 aromatic heterocycles. The van der Waals surface area contributed by atoms with Crippen LogP contribution in [0, 0.1) is 5.92 Å². The second-order valence-corrected chi connectivity index (χ2v) is 7.41. The zero-order valence-corrected chi connectivity index (χ0v) is 15.0. The Morgan fingerprint density at radius 3 is 2.33 bits per heavy atom. The van der Waals surface area contributed by atoms with Crippen molar-refractivity contribution in [1.82, 2.24) is 14.7 Å². The molecular formula is C20H31N3O. The molecule has 0 aliphatic carbocycles. The Morgan fingerprint density at radius 1 is 1.00 bits per heavy atom. The number of carbonyl (C=O) groups excluding carboxylic acids is 1. The minimum atomic E-state index is 0.354. The monoisotopic (exact) mass is 329 g/mol. The number of piperazine rings is 1. The fourth-order valence-corrected chi connectivity index (χ4v) is 3.82. The number of hydrogen-bond donors (Lipinski definition) is 0. The molecule has 3 rings (SSSR count). The van der Waals surface area contributed by atoms with Gasteiger partial charge in [0, 0.05) is 52.2 Å². The van der Waals surface area contributed by atoms with E-state index in [1.807, 2.05) is 0 Å². The Bertz CT molecular complexity index is 503. The van der Waals surface area contributed by atoms with Crippen molar-refractivity contribution in [2.45, 2.75) is 25.7 Å². The van der Waals surface area contributed by atoms with E-state index in [9.17, 15) is 4.79 Å². The zero-order chi connectivity index (χ0) is 16.8. The molecule has 2 fully saturated rings. The van der Waals surface area contributed by atoms with Crippen molar-refractivity contribution in [3.8, 4) is 0 Å². The molecule has 1 aromatic rings. The first-order chi connectivity index (χ1) is 11.7. The van der Waals surface area contributed by atoms with E-state index in [-0.39, 0.29) is 0 Å². The molecule has 0 bridgehead atoms. The van der Waals surface area contributed by atoms with Gasteiger partial charge in [0.15, 0.2) is 0 Å². The Morgan fingerprint density at radius 2 is 1.67 bits per heavy atom. The van der Waals surface area contributed by atoms with Crippen LogP contribution in [-0.4, -0.2) is 73.5 Å². The standard InChI is InChI=1S/C20H31N3O/c1-21-13-15-22(16-14-21)10-9-20(24)23-11-7-19(8-12-23)17-18-5-3-2-4-6-18/h2-6,19H,7-17H2,1H3. The van der Waals surface area contributed by atoms with Crippen LogP contribution in [0.3, 0.4) is 0 Å². The van der Waals surface area contributed by atoms with Gasteiger partial charge in [-0.25, -0.2) is 0 Å². The van der Waals surface area contributed by atoms with Crippen molar-refractivity contribution in [2.24, 2.45) is 5.92 Å². The zero-order valence-electron chi connectivity index (χ0n) is 15.0. The summed E-state index contributed by atoms with van der Waals surface area (Å²) in [6.45, 7) is 7.26. The van der Waals surface area contributed by atoms with Crippen molar-refractivity contribution in [3.63, 3.8) is 0 Å². The average Bonchev–Trinajstić information content (AvgIpc) is 2.62. The summed E-state index contributed by atoms with van der Waals surface area (Å²) in [7, 11) is 2.17. The van der Waals surface area contributed by atoms with E-state index >= 15 is 0 Å². The SMILES string of the molecule is CN1CCN(CCC(=O)N2CCC(Cc3ccccc3)CC2)CC1. The summed E-state index contributed by atoms with van der Waals surface area (Å²) in [6.07, 6.45) is 4.14. The first kappa shape index (κ1) is 17.4. The molecule has 2 saturated heterocycles. The molecule has 2 heterocycles. The molecule has 0 radical (unpaired) electrons. The number of nitrogens with zero attached hydrogens (tertiary/aromatic N) is 3. The predicted molar refractivity (Wildman–Crippen MR) is 98.0 cm³/mol. The van der Waals surface area contributed by atoms with Crippen LogP contribution in [-0.2, 0) is 11.2 Å². The Labute approximate surface area is 146 Å². The second kappa shape index (κ2) is 8.63. The van der Waals surface area contributed by atoms with Crippen molar-refractivity contribution in [3.05, 3.63) is 35.9 Å². The minimum Gasteiger partial charge on any atom is -0.343 e. The summed E-state index contributed by atoms with van der Waals surface area (Å²) < 4.78 is 0. The van der Waals surface area contributed by atoms with E-state index in [4.69, 9.17) is 0 Å². The summed E-state index contributed by atoms with van der Waals surface area (Å²) in [4.78, 5) is 19.3. The number of rotatable bonds is 5. The Kier molecular flexibility index (Phi) is 6.27. The van der Waals surface area contributed by atoms with Gasteiger partial charge in [-0.2, -0.15) is 0 Å². The van der Waals surface area contributed by atoms with Crippen molar-refractivity contribution >= 4 is 5.91 Å². The molecule has 1 amide bonds. The predicted octanol–water partition coefficient (Wildman–Crippen LogP) is 2.11. The Balaban J connectivity index is 1.36. The molecule has 4 heteroatoms. The molecule has 1 aromatic carbocycles. The minimum absolute atomic E-state index is 0.354. The molecule has 0 N–H and O–H groups in total. The van der Waals surface area contributed by atoms with Crippen molar-refractivity contribution in [2.75, 3.05) is 52.9 Å². The summed E-state index contributed by atoms with van der Waals surface area (Å²) >= 11 is 0. The summed E-state index contributed by atoms with van der Waals surface area (Å²) in [6, 6.07) is 10.7. The molecular weight excluding hydrogens is 298 g/mol. The highest BCUT2D eigenvalue weighted by Crippen LogP contribution is 2.22. The molecule has 0 atom stereocenters. The number of hydrogen-bond acceptors (Lipinski definition) is 3. The van der Waals surface area contributed by atoms with Crippen molar-refractivity contribution < 1.29 is 4.79 Å². The number of amides is 1. The number of piperidine rings is 1. The van der Waals surface area contributed by atoms with Gasteiger partial charge in [0.1, 0.15) is 0 Å². The van der Waals surface area contributed by atoms with Crippen LogP contribution in [0.2, 0.25) is 0 Å². The summed E-state index contributed by atoms with van der Waals surface area (Å²) in [5, 5.41) is 0. The molecule has 0 saturated carbocycles. The maximum atomic E-state index is 12.5. The topological polar surface area (TPSA) is 26.8 Å². The third-order valence-corrected chi connectivity index (χ3v) is 5.57. The van der Waals surface area contributed by atoms with Gasteiger partial charge >= 0.3 is 0 Å². The van der Waals surface area contributed by atoms with Crippen LogP contribution in [0.1, 0.15) is 24.8 Å². The third kappa shape index (κ3) is 5.05. The van der Waals surface area contributed by atoms with Crippen LogP contribution >= 0.6 is 0 Å². The Hall–Kier alpha value is -1.39. The molecule has 0 unspecified atom stereocenters. The van der Waals surface area contributed by atoms with E-state index in [2.05, 4.69) is 52.1 Å². The normalized spacial score (nSPS) is 21.1. The first-order valence-corrected chi connectivity index (χ1v) is 9.43. The molecule has 2 aliphatic heterocycles. The summed E-state index contributed by atoms with van der Waals surface area (Å²) in [5.74, 6) is 1.08. The maximum absolute atomic E-state index is 12.5. The van der Waals surface area contributed by atoms with Gasteiger partial charge in [0.25, 0.3) is 0 Å². The molecule has 132 valence electrons. The first-order valence-electron chi connectivity index (χ1n) is 9.43. The van der Waals surface area contributed by atoms with Gasteiger partial charge in [0.05, 0.1) is 0 Å². The summed E-state index contributed by atoms with van der Waals surface area (Å²) in [5.41, 5.74) is 1.43. The third-order valence-electron chi connectivity index (χ3n) is 5.57. The highest BCUT2D eigenvalue weighted by Gasteiger charge is 2.23. The van der Waals surface area contributed by atoms with Crippen LogP contribution < -0.4 is 0 Å². The van der Waals surface area contributed by atoms with Gasteiger partial charge in [-0.3, -0.25) is 4.79 Å². The number of likely N-dealkylation sites (tertiary alicyclic amines) is 1. The largest absolute Gasteiger partial charge is 0.343 e. The number of likely N-dealkylation sites (N-methyl/N-ethyl adjacent to an activating group) is 1. The van der Waals surface area contributed by atoms with E-state index in [0.29, 0.717) is 12.3 Å².